The van der Waals surface area contributed by atoms with E-state index in [9.17, 15) is 28.6 Å². The number of non-ortho nitro benzene ring substituents is 1. The number of rotatable bonds is 10. The third kappa shape index (κ3) is 5.24. The molecule has 0 spiro atoms. The van der Waals surface area contributed by atoms with Crippen molar-refractivity contribution in [2.45, 2.75) is 18.7 Å². The first-order chi connectivity index (χ1) is 16.2. The van der Waals surface area contributed by atoms with Crippen LogP contribution in [0, 0.1) is 20.2 Å². The van der Waals surface area contributed by atoms with Crippen LogP contribution in [0.25, 0.3) is 0 Å². The molecule has 0 aliphatic rings. The highest BCUT2D eigenvalue weighted by atomic mass is 32.2. The second kappa shape index (κ2) is 10.2. The average Bonchev–Trinajstić information content (AvgIpc) is 2.80. The molecule has 178 valence electrons. The molecule has 0 amide bonds. The van der Waals surface area contributed by atoms with Gasteiger partial charge in [0.15, 0.2) is 0 Å². The minimum Gasteiger partial charge on any atom is -0.334 e. The Balaban J connectivity index is 1.90. The molecule has 3 aromatic rings. The first kappa shape index (κ1) is 24.5. The van der Waals surface area contributed by atoms with Crippen LogP contribution in [0.4, 0.5) is 34.4 Å². The number of nitrogens with zero attached hydrogens (tertiary/aromatic N) is 5. The lowest BCUT2D eigenvalue weighted by Gasteiger charge is -2.18. The Hall–Kier alpha value is -4.17. The van der Waals surface area contributed by atoms with E-state index < -0.39 is 25.6 Å². The molecule has 0 atom stereocenters. The van der Waals surface area contributed by atoms with Crippen molar-refractivity contribution in [2.24, 2.45) is 0 Å². The Morgan fingerprint density at radius 2 is 1.47 bits per heavy atom. The van der Waals surface area contributed by atoms with E-state index in [4.69, 9.17) is 0 Å². The van der Waals surface area contributed by atoms with Gasteiger partial charge in [-0.1, -0.05) is 19.9 Å². The van der Waals surface area contributed by atoms with Crippen LogP contribution >= 0.6 is 0 Å². The molecule has 0 saturated heterocycles. The fraction of sp³-hybridized carbons (Fsp3) is 0.200. The summed E-state index contributed by atoms with van der Waals surface area (Å²) in [6.07, 6.45) is 1.09. The Morgan fingerprint density at radius 3 is 2.00 bits per heavy atom. The Labute approximate surface area is 194 Å². The van der Waals surface area contributed by atoms with E-state index in [-0.39, 0.29) is 27.9 Å². The Bertz CT molecular complexity index is 1310. The number of aromatic nitrogens is 2. The summed E-state index contributed by atoms with van der Waals surface area (Å²) in [6.45, 7) is 4.13. The van der Waals surface area contributed by atoms with Gasteiger partial charge in [0, 0.05) is 36.6 Å². The molecule has 34 heavy (non-hydrogen) atoms. The Kier molecular flexibility index (Phi) is 7.33. The van der Waals surface area contributed by atoms with Crippen molar-refractivity contribution in [3.05, 3.63) is 75.1 Å². The summed E-state index contributed by atoms with van der Waals surface area (Å²) in [4.78, 5) is 29.4. The molecule has 1 heterocycles. The van der Waals surface area contributed by atoms with Crippen LogP contribution in [0.5, 0.6) is 0 Å². The van der Waals surface area contributed by atoms with Gasteiger partial charge in [-0.3, -0.25) is 20.2 Å². The highest BCUT2D eigenvalue weighted by Gasteiger charge is 2.25. The number of hydrogen-bond acceptors (Lipinski definition) is 10. The maximum Gasteiger partial charge on any atom is 0.353 e. The highest BCUT2D eigenvalue weighted by Crippen LogP contribution is 2.33. The number of anilines is 4. The van der Waals surface area contributed by atoms with Crippen LogP contribution in [0.3, 0.4) is 0 Å². The predicted molar refractivity (Wildman–Crippen MR) is 125 cm³/mol. The van der Waals surface area contributed by atoms with E-state index in [1.54, 1.807) is 13.8 Å². The summed E-state index contributed by atoms with van der Waals surface area (Å²) in [5.74, 6) is -0.323. The molecule has 0 aliphatic heterocycles. The van der Waals surface area contributed by atoms with E-state index in [0.29, 0.717) is 18.8 Å². The van der Waals surface area contributed by atoms with Gasteiger partial charge in [-0.05, 0) is 30.3 Å². The van der Waals surface area contributed by atoms with Crippen molar-refractivity contribution < 1.29 is 18.3 Å². The van der Waals surface area contributed by atoms with Crippen molar-refractivity contribution in [2.75, 3.05) is 23.7 Å². The first-order valence-electron chi connectivity index (χ1n) is 10.1. The fourth-order valence-electron chi connectivity index (χ4n) is 3.13. The van der Waals surface area contributed by atoms with Crippen molar-refractivity contribution in [3.63, 3.8) is 0 Å². The van der Waals surface area contributed by atoms with Crippen molar-refractivity contribution in [3.8, 4) is 0 Å². The lowest BCUT2D eigenvalue weighted by molar-refractivity contribution is -0.384. The molecule has 0 radical (unpaired) electrons. The number of hydrogen-bond donors (Lipinski definition) is 2. The third-order valence-corrected chi connectivity index (χ3v) is 6.85. The second-order valence-electron chi connectivity index (χ2n) is 6.85. The summed E-state index contributed by atoms with van der Waals surface area (Å²) < 4.78 is 26.6. The minimum atomic E-state index is -3.65. The fourth-order valence-corrected chi connectivity index (χ4v) is 4.59. The van der Waals surface area contributed by atoms with Gasteiger partial charge in [0.05, 0.1) is 14.7 Å². The van der Waals surface area contributed by atoms with Crippen LogP contribution in [0.1, 0.15) is 13.8 Å². The van der Waals surface area contributed by atoms with Gasteiger partial charge < -0.3 is 10.6 Å². The molecule has 13 nitrogen and oxygen atoms in total. The molecule has 14 heteroatoms. The smallest absolute Gasteiger partial charge is 0.334 e. The van der Waals surface area contributed by atoms with Crippen molar-refractivity contribution in [1.82, 2.24) is 14.3 Å². The quantitative estimate of drug-likeness (QED) is 0.316. The van der Waals surface area contributed by atoms with Crippen molar-refractivity contribution in [1.29, 1.82) is 0 Å². The van der Waals surface area contributed by atoms with Gasteiger partial charge in [-0.2, -0.15) is 4.31 Å². The number of nitrogens with one attached hydrogen (secondary N) is 2. The van der Waals surface area contributed by atoms with Gasteiger partial charge in [0.25, 0.3) is 5.69 Å². The molecule has 0 unspecified atom stereocenters. The van der Waals surface area contributed by atoms with Crippen molar-refractivity contribution >= 4 is 44.4 Å². The molecular formula is C20H21N7O6S. The summed E-state index contributed by atoms with van der Waals surface area (Å²) >= 11 is 0. The maximum absolute atomic E-state index is 12.6. The topological polar surface area (TPSA) is 174 Å². The lowest BCUT2D eigenvalue weighted by Crippen LogP contribution is -2.30. The summed E-state index contributed by atoms with van der Waals surface area (Å²) in [6, 6.07) is 11.2. The first-order valence-corrected chi connectivity index (χ1v) is 11.5. The van der Waals surface area contributed by atoms with Gasteiger partial charge in [-0.25, -0.2) is 18.4 Å². The normalized spacial score (nSPS) is 11.3. The number of nitro groups is 2. The zero-order valence-corrected chi connectivity index (χ0v) is 19.0. The highest BCUT2D eigenvalue weighted by molar-refractivity contribution is 7.89. The molecule has 1 aromatic heterocycles. The van der Waals surface area contributed by atoms with E-state index in [1.165, 1.54) is 52.8 Å². The van der Waals surface area contributed by atoms with E-state index in [1.807, 2.05) is 0 Å². The van der Waals surface area contributed by atoms with Crippen LogP contribution in [-0.2, 0) is 10.0 Å². The second-order valence-corrected chi connectivity index (χ2v) is 8.79. The number of nitro benzene ring substituents is 1. The Morgan fingerprint density at radius 1 is 0.882 bits per heavy atom. The van der Waals surface area contributed by atoms with E-state index in [0.717, 1.165) is 6.33 Å². The standard InChI is InChI=1S/C20H21N7O6S/c1-3-25(4-2)34(32,33)17-10-8-14(9-11-17)23-19-18(27(30)31)20(22-13-21-19)24-15-6-5-7-16(12-15)26(28)29/h5-13H,3-4H2,1-2H3,(H2,21,22,23,24). The minimum absolute atomic E-state index is 0.0898. The molecule has 2 N–H and O–H groups in total. The summed E-state index contributed by atoms with van der Waals surface area (Å²) in [5, 5.41) is 28.3. The zero-order chi connectivity index (χ0) is 24.9. The van der Waals surface area contributed by atoms with Crippen LogP contribution in [0.2, 0.25) is 0 Å². The summed E-state index contributed by atoms with van der Waals surface area (Å²) in [5.41, 5.74) is -0.0943. The lowest BCUT2D eigenvalue weighted by atomic mass is 10.2. The predicted octanol–water partition coefficient (Wildman–Crippen LogP) is 3.81. The third-order valence-electron chi connectivity index (χ3n) is 4.78. The van der Waals surface area contributed by atoms with Crippen LogP contribution in [0.15, 0.2) is 59.8 Å². The molecular weight excluding hydrogens is 466 g/mol. The average molecular weight is 487 g/mol. The molecule has 0 bridgehead atoms. The van der Waals surface area contributed by atoms with E-state index in [2.05, 4.69) is 20.6 Å². The van der Waals surface area contributed by atoms with Gasteiger partial charge in [0.2, 0.25) is 21.7 Å². The largest absolute Gasteiger partial charge is 0.353 e. The maximum atomic E-state index is 12.6. The molecule has 0 saturated carbocycles. The van der Waals surface area contributed by atoms with Gasteiger partial charge in [0.1, 0.15) is 6.33 Å². The van der Waals surface area contributed by atoms with Gasteiger partial charge >= 0.3 is 5.69 Å². The number of benzene rings is 2. The molecule has 2 aromatic carbocycles. The molecule has 3 rings (SSSR count). The number of sulfonamides is 1. The molecule has 0 fully saturated rings. The zero-order valence-electron chi connectivity index (χ0n) is 18.2. The molecule has 0 aliphatic carbocycles. The van der Waals surface area contributed by atoms with Gasteiger partial charge in [-0.15, -0.1) is 0 Å². The van der Waals surface area contributed by atoms with E-state index >= 15 is 0 Å². The van der Waals surface area contributed by atoms with Crippen LogP contribution < -0.4 is 10.6 Å². The SMILES string of the molecule is CCN(CC)S(=O)(=O)c1ccc(Nc2ncnc(Nc3cccc([N+](=O)[O-])c3)c2[N+](=O)[O-])cc1. The monoisotopic (exact) mass is 487 g/mol. The summed E-state index contributed by atoms with van der Waals surface area (Å²) in [7, 11) is -3.65. The van der Waals surface area contributed by atoms with Crippen LogP contribution in [-0.4, -0.2) is 45.6 Å².